The largest absolute Gasteiger partial charge is 0.484 e. The first-order valence-electron chi connectivity index (χ1n) is 6.21. The van der Waals surface area contributed by atoms with Crippen LogP contribution in [0.25, 0.3) is 0 Å². The van der Waals surface area contributed by atoms with Crippen molar-refractivity contribution >= 4 is 17.5 Å². The predicted octanol–water partition coefficient (Wildman–Crippen LogP) is 4.12. The monoisotopic (exact) mass is 270 g/mol. The maximum Gasteiger partial charge on any atom is 0.170 e. The Kier molecular flexibility index (Phi) is 3.30. The summed E-state index contributed by atoms with van der Waals surface area (Å²) in [5, 5.41) is 0. The molecular formula is C16H14O2S. The van der Waals surface area contributed by atoms with Crippen molar-refractivity contribution in [3.63, 3.8) is 0 Å². The number of fused-ring (bicyclic) bond motifs is 1. The molecule has 0 fully saturated rings. The molecule has 3 heteroatoms. The highest BCUT2D eigenvalue weighted by Gasteiger charge is 2.27. The van der Waals surface area contributed by atoms with Gasteiger partial charge in [0.2, 0.25) is 0 Å². The SMILES string of the molecule is CSc1ccc2c(c1)O[C@@H](c1ccccc1)CC2=O. The number of carbonyl (C=O) groups is 1. The van der Waals surface area contributed by atoms with Crippen molar-refractivity contribution in [1.82, 2.24) is 0 Å². The van der Waals surface area contributed by atoms with Crippen LogP contribution in [-0.4, -0.2) is 12.0 Å². The fraction of sp³-hybridized carbons (Fsp3) is 0.188. The fourth-order valence-electron chi connectivity index (χ4n) is 2.28. The summed E-state index contributed by atoms with van der Waals surface area (Å²) in [7, 11) is 0. The molecule has 0 aliphatic carbocycles. The Hall–Kier alpha value is -1.74. The zero-order valence-electron chi connectivity index (χ0n) is 10.6. The van der Waals surface area contributed by atoms with Gasteiger partial charge in [0.15, 0.2) is 5.78 Å². The number of carbonyl (C=O) groups excluding carboxylic acids is 1. The van der Waals surface area contributed by atoms with Crippen molar-refractivity contribution in [2.75, 3.05) is 6.26 Å². The minimum absolute atomic E-state index is 0.155. The molecule has 0 N–H and O–H groups in total. The Morgan fingerprint density at radius 1 is 1.16 bits per heavy atom. The third-order valence-corrected chi connectivity index (χ3v) is 4.03. The van der Waals surface area contributed by atoms with Crippen LogP contribution in [-0.2, 0) is 0 Å². The van der Waals surface area contributed by atoms with E-state index in [9.17, 15) is 4.79 Å². The third kappa shape index (κ3) is 2.38. The number of thioether (sulfide) groups is 1. The van der Waals surface area contributed by atoms with E-state index >= 15 is 0 Å². The molecule has 19 heavy (non-hydrogen) atoms. The lowest BCUT2D eigenvalue weighted by molar-refractivity contribution is 0.0849. The van der Waals surface area contributed by atoms with E-state index in [0.29, 0.717) is 17.7 Å². The third-order valence-electron chi connectivity index (χ3n) is 3.30. The first-order valence-corrected chi connectivity index (χ1v) is 7.43. The molecule has 0 unspecified atom stereocenters. The predicted molar refractivity (Wildman–Crippen MR) is 77.0 cm³/mol. The van der Waals surface area contributed by atoms with Gasteiger partial charge in [-0.15, -0.1) is 11.8 Å². The van der Waals surface area contributed by atoms with Crippen LogP contribution in [0.1, 0.15) is 28.4 Å². The summed E-state index contributed by atoms with van der Waals surface area (Å²) in [6.07, 6.45) is 2.26. The van der Waals surface area contributed by atoms with Crippen molar-refractivity contribution in [2.45, 2.75) is 17.4 Å². The molecule has 1 aliphatic rings. The van der Waals surface area contributed by atoms with E-state index in [-0.39, 0.29) is 11.9 Å². The number of Topliss-reactive ketones (excluding diaryl/α,β-unsaturated/α-hetero) is 1. The molecule has 1 atom stereocenters. The normalized spacial score (nSPS) is 17.7. The molecule has 0 spiro atoms. The number of hydrogen-bond donors (Lipinski definition) is 0. The molecule has 3 rings (SSSR count). The second-order valence-electron chi connectivity index (χ2n) is 4.51. The number of ketones is 1. The smallest absolute Gasteiger partial charge is 0.170 e. The van der Waals surface area contributed by atoms with Crippen molar-refractivity contribution in [3.8, 4) is 5.75 Å². The van der Waals surface area contributed by atoms with Gasteiger partial charge in [-0.25, -0.2) is 0 Å². The second-order valence-corrected chi connectivity index (χ2v) is 5.39. The van der Waals surface area contributed by atoms with Crippen LogP contribution in [0, 0.1) is 0 Å². The van der Waals surface area contributed by atoms with Crippen molar-refractivity contribution < 1.29 is 9.53 Å². The highest BCUT2D eigenvalue weighted by Crippen LogP contribution is 2.36. The highest BCUT2D eigenvalue weighted by molar-refractivity contribution is 7.98. The van der Waals surface area contributed by atoms with E-state index in [2.05, 4.69) is 0 Å². The van der Waals surface area contributed by atoms with Gasteiger partial charge in [-0.2, -0.15) is 0 Å². The number of hydrogen-bond acceptors (Lipinski definition) is 3. The van der Waals surface area contributed by atoms with Gasteiger partial charge in [-0.1, -0.05) is 30.3 Å². The quantitative estimate of drug-likeness (QED) is 0.768. The number of benzene rings is 2. The van der Waals surface area contributed by atoms with Gasteiger partial charge in [0.1, 0.15) is 11.9 Å². The Balaban J connectivity index is 1.96. The van der Waals surface area contributed by atoms with Gasteiger partial charge in [-0.3, -0.25) is 4.79 Å². The average molecular weight is 270 g/mol. The van der Waals surface area contributed by atoms with Crippen LogP contribution >= 0.6 is 11.8 Å². The molecule has 96 valence electrons. The summed E-state index contributed by atoms with van der Waals surface area (Å²) < 4.78 is 6.00. The number of ether oxygens (including phenoxy) is 1. The molecule has 0 radical (unpaired) electrons. The zero-order chi connectivity index (χ0) is 13.2. The van der Waals surface area contributed by atoms with Crippen LogP contribution in [0.2, 0.25) is 0 Å². The molecule has 0 saturated carbocycles. The summed E-state index contributed by atoms with van der Waals surface area (Å²) in [5.41, 5.74) is 1.75. The van der Waals surface area contributed by atoms with Gasteiger partial charge in [0.25, 0.3) is 0 Å². The van der Waals surface area contributed by atoms with E-state index in [4.69, 9.17) is 4.74 Å². The van der Waals surface area contributed by atoms with Crippen molar-refractivity contribution in [2.24, 2.45) is 0 Å². The van der Waals surface area contributed by atoms with Gasteiger partial charge in [-0.05, 0) is 30.0 Å². The van der Waals surface area contributed by atoms with Crippen molar-refractivity contribution in [1.29, 1.82) is 0 Å². The minimum atomic E-state index is -0.168. The summed E-state index contributed by atoms with van der Waals surface area (Å²) in [6.45, 7) is 0. The Morgan fingerprint density at radius 3 is 2.68 bits per heavy atom. The standard InChI is InChI=1S/C16H14O2S/c1-19-12-7-8-13-14(17)10-15(18-16(13)9-12)11-5-3-2-4-6-11/h2-9,15H,10H2,1H3/t15-/m1/s1. The summed E-state index contributed by atoms with van der Waals surface area (Å²) in [4.78, 5) is 13.3. The first kappa shape index (κ1) is 12.3. The average Bonchev–Trinajstić information content (AvgIpc) is 2.47. The lowest BCUT2D eigenvalue weighted by atomic mass is 9.96. The lowest BCUT2D eigenvalue weighted by Gasteiger charge is -2.25. The second kappa shape index (κ2) is 5.10. The molecule has 1 heterocycles. The molecule has 1 aliphatic heterocycles. The van der Waals surface area contributed by atoms with Crippen LogP contribution in [0.15, 0.2) is 53.4 Å². The van der Waals surface area contributed by atoms with Crippen molar-refractivity contribution in [3.05, 3.63) is 59.7 Å². The van der Waals surface area contributed by atoms with Crippen LogP contribution < -0.4 is 4.74 Å². The van der Waals surface area contributed by atoms with Crippen LogP contribution in [0.4, 0.5) is 0 Å². The Morgan fingerprint density at radius 2 is 1.95 bits per heavy atom. The topological polar surface area (TPSA) is 26.3 Å². The van der Waals surface area contributed by atoms with Crippen LogP contribution in [0.3, 0.4) is 0 Å². The van der Waals surface area contributed by atoms with Gasteiger partial charge < -0.3 is 4.74 Å². The summed E-state index contributed by atoms with van der Waals surface area (Å²) in [5.74, 6) is 0.861. The summed E-state index contributed by atoms with van der Waals surface area (Å²) >= 11 is 1.65. The zero-order valence-corrected chi connectivity index (χ0v) is 11.4. The molecule has 2 nitrogen and oxygen atoms in total. The van der Waals surface area contributed by atoms with E-state index in [1.807, 2.05) is 54.8 Å². The van der Waals surface area contributed by atoms with Gasteiger partial charge >= 0.3 is 0 Å². The summed E-state index contributed by atoms with van der Waals surface area (Å²) in [6, 6.07) is 15.7. The fourth-order valence-corrected chi connectivity index (χ4v) is 2.71. The molecule has 2 aromatic carbocycles. The Bertz CT molecular complexity index is 607. The van der Waals surface area contributed by atoms with E-state index in [0.717, 1.165) is 10.5 Å². The molecule has 0 saturated heterocycles. The molecular weight excluding hydrogens is 256 g/mol. The Labute approximate surface area is 116 Å². The van der Waals surface area contributed by atoms with Gasteiger partial charge in [0, 0.05) is 4.90 Å². The minimum Gasteiger partial charge on any atom is -0.484 e. The lowest BCUT2D eigenvalue weighted by Crippen LogP contribution is -2.20. The van der Waals surface area contributed by atoms with Gasteiger partial charge in [0.05, 0.1) is 12.0 Å². The molecule has 2 aromatic rings. The van der Waals surface area contributed by atoms with E-state index in [1.54, 1.807) is 11.8 Å². The van der Waals surface area contributed by atoms with E-state index < -0.39 is 0 Å². The maximum atomic E-state index is 12.2. The molecule has 0 aromatic heterocycles. The van der Waals surface area contributed by atoms with E-state index in [1.165, 1.54) is 0 Å². The first-order chi connectivity index (χ1) is 9.28. The maximum absolute atomic E-state index is 12.2. The molecule has 0 bridgehead atoms. The highest BCUT2D eigenvalue weighted by atomic mass is 32.2. The van der Waals surface area contributed by atoms with Crippen LogP contribution in [0.5, 0.6) is 5.75 Å². The molecule has 0 amide bonds. The number of rotatable bonds is 2.